The molecule has 0 radical (unpaired) electrons. The fourth-order valence-electron chi connectivity index (χ4n) is 3.47. The van der Waals surface area contributed by atoms with E-state index in [9.17, 15) is 0 Å². The van der Waals surface area contributed by atoms with E-state index in [2.05, 4.69) is 29.1 Å². The molecule has 4 nitrogen and oxygen atoms in total. The van der Waals surface area contributed by atoms with Gasteiger partial charge in [-0.15, -0.1) is 11.3 Å². The number of piperidine rings is 1. The van der Waals surface area contributed by atoms with Gasteiger partial charge in [0.15, 0.2) is 0 Å². The average Bonchev–Trinajstić information content (AvgIpc) is 2.98. The maximum absolute atomic E-state index is 6.14. The van der Waals surface area contributed by atoms with Gasteiger partial charge in [-0.2, -0.15) is 0 Å². The Labute approximate surface area is 125 Å². The minimum Gasteiger partial charge on any atom is -0.376 e. The number of likely N-dealkylation sites (tertiary alicyclic amines) is 1. The van der Waals surface area contributed by atoms with E-state index >= 15 is 0 Å². The van der Waals surface area contributed by atoms with Gasteiger partial charge in [-0.3, -0.25) is 4.90 Å². The fourth-order valence-corrected chi connectivity index (χ4v) is 4.07. The Hall–Kier alpha value is -0.490. The summed E-state index contributed by atoms with van der Waals surface area (Å²) in [4.78, 5) is 7.07. The summed E-state index contributed by atoms with van der Waals surface area (Å²) in [6.07, 6.45) is 3.72. The van der Waals surface area contributed by atoms with Gasteiger partial charge in [0.2, 0.25) is 0 Å². The first kappa shape index (κ1) is 14.4. The van der Waals surface area contributed by atoms with E-state index in [4.69, 9.17) is 9.47 Å². The van der Waals surface area contributed by atoms with Crippen molar-refractivity contribution < 1.29 is 9.47 Å². The smallest absolute Gasteiger partial charge is 0.0897 e. The molecule has 1 aromatic rings. The third-order valence-electron chi connectivity index (χ3n) is 4.25. The SMILES string of the molecule is CCO[C@H]1CO[C@]2(CCCN(Cc3csc(C)n3)C2)C1. The number of thiazole rings is 1. The quantitative estimate of drug-likeness (QED) is 0.855. The average molecular weight is 296 g/mol. The predicted molar refractivity (Wildman–Crippen MR) is 80.1 cm³/mol. The van der Waals surface area contributed by atoms with Crippen molar-refractivity contribution in [1.82, 2.24) is 9.88 Å². The van der Waals surface area contributed by atoms with E-state index in [0.29, 0.717) is 6.10 Å². The van der Waals surface area contributed by atoms with Gasteiger partial charge in [0.25, 0.3) is 0 Å². The fraction of sp³-hybridized carbons (Fsp3) is 0.800. The van der Waals surface area contributed by atoms with E-state index in [0.717, 1.165) is 44.3 Å². The third-order valence-corrected chi connectivity index (χ3v) is 5.07. The molecule has 20 heavy (non-hydrogen) atoms. The van der Waals surface area contributed by atoms with Crippen molar-refractivity contribution in [1.29, 1.82) is 0 Å². The van der Waals surface area contributed by atoms with Crippen molar-refractivity contribution in [3.05, 3.63) is 16.1 Å². The van der Waals surface area contributed by atoms with Crippen LogP contribution >= 0.6 is 11.3 Å². The molecule has 2 fully saturated rings. The number of ether oxygens (including phenoxy) is 2. The third kappa shape index (κ3) is 3.22. The summed E-state index contributed by atoms with van der Waals surface area (Å²) >= 11 is 1.73. The van der Waals surface area contributed by atoms with Crippen molar-refractivity contribution in [2.45, 2.75) is 51.4 Å². The molecular formula is C15H24N2O2S. The van der Waals surface area contributed by atoms with Gasteiger partial charge in [-0.1, -0.05) is 0 Å². The first-order chi connectivity index (χ1) is 9.69. The molecule has 2 atom stereocenters. The second-order valence-electron chi connectivity index (χ2n) is 5.95. The van der Waals surface area contributed by atoms with Crippen molar-refractivity contribution >= 4 is 11.3 Å². The summed E-state index contributed by atoms with van der Waals surface area (Å²) in [6, 6.07) is 0. The maximum atomic E-state index is 6.14. The minimum atomic E-state index is 0.0309. The standard InChI is InChI=1S/C15H24N2O2S/c1-3-18-14-7-15(19-9-14)5-4-6-17(11-15)8-13-10-20-12(2)16-13/h10,14H,3-9,11H2,1-2H3/t14-,15-/m1/s1. The number of rotatable bonds is 4. The minimum absolute atomic E-state index is 0.0309. The predicted octanol–water partition coefficient (Wildman–Crippen LogP) is 2.61. The summed E-state index contributed by atoms with van der Waals surface area (Å²) in [5.41, 5.74) is 1.23. The zero-order valence-electron chi connectivity index (χ0n) is 12.4. The molecule has 5 heteroatoms. The lowest BCUT2D eigenvalue weighted by Gasteiger charge is -2.39. The van der Waals surface area contributed by atoms with Crippen molar-refractivity contribution in [3.63, 3.8) is 0 Å². The van der Waals surface area contributed by atoms with Gasteiger partial charge >= 0.3 is 0 Å². The van der Waals surface area contributed by atoms with Crippen LogP contribution in [0.25, 0.3) is 0 Å². The summed E-state index contributed by atoms with van der Waals surface area (Å²) in [5.74, 6) is 0. The molecule has 3 heterocycles. The molecule has 0 unspecified atom stereocenters. The lowest BCUT2D eigenvalue weighted by molar-refractivity contribution is -0.0547. The highest BCUT2D eigenvalue weighted by Gasteiger charge is 2.43. The molecule has 0 aromatic carbocycles. The van der Waals surface area contributed by atoms with Gasteiger partial charge in [0.05, 0.1) is 29.0 Å². The number of hydrogen-bond donors (Lipinski definition) is 0. The van der Waals surface area contributed by atoms with E-state index in [1.54, 1.807) is 11.3 Å². The van der Waals surface area contributed by atoms with Crippen LogP contribution in [0.2, 0.25) is 0 Å². The highest BCUT2D eigenvalue weighted by molar-refractivity contribution is 7.09. The second-order valence-corrected chi connectivity index (χ2v) is 7.01. The van der Waals surface area contributed by atoms with Crippen LogP contribution in [0.3, 0.4) is 0 Å². The Morgan fingerprint density at radius 1 is 1.60 bits per heavy atom. The van der Waals surface area contributed by atoms with E-state index in [-0.39, 0.29) is 5.60 Å². The Balaban J connectivity index is 1.59. The van der Waals surface area contributed by atoms with Crippen LogP contribution in [-0.4, -0.2) is 47.9 Å². The van der Waals surface area contributed by atoms with E-state index in [1.165, 1.54) is 18.5 Å². The van der Waals surface area contributed by atoms with Gasteiger partial charge < -0.3 is 9.47 Å². The first-order valence-electron chi connectivity index (χ1n) is 7.58. The molecule has 0 saturated carbocycles. The maximum Gasteiger partial charge on any atom is 0.0897 e. The molecule has 3 rings (SSSR count). The van der Waals surface area contributed by atoms with Gasteiger partial charge in [0.1, 0.15) is 0 Å². The van der Waals surface area contributed by atoms with Crippen molar-refractivity contribution in [2.24, 2.45) is 0 Å². The lowest BCUT2D eigenvalue weighted by atomic mass is 9.89. The summed E-state index contributed by atoms with van der Waals surface area (Å²) in [7, 11) is 0. The summed E-state index contributed by atoms with van der Waals surface area (Å²) in [5, 5.41) is 3.33. The topological polar surface area (TPSA) is 34.6 Å². The molecule has 0 N–H and O–H groups in total. The Bertz CT molecular complexity index is 451. The molecular weight excluding hydrogens is 272 g/mol. The van der Waals surface area contributed by atoms with Crippen molar-refractivity contribution in [2.75, 3.05) is 26.3 Å². The normalized spacial score (nSPS) is 31.2. The van der Waals surface area contributed by atoms with Crippen LogP contribution in [0.5, 0.6) is 0 Å². The zero-order valence-corrected chi connectivity index (χ0v) is 13.2. The zero-order chi connectivity index (χ0) is 14.0. The number of aryl methyl sites for hydroxylation is 1. The second kappa shape index (κ2) is 6.10. The number of hydrogen-bond acceptors (Lipinski definition) is 5. The molecule has 2 saturated heterocycles. The first-order valence-corrected chi connectivity index (χ1v) is 8.46. The van der Waals surface area contributed by atoms with Crippen LogP contribution < -0.4 is 0 Å². The van der Waals surface area contributed by atoms with Crippen LogP contribution in [0.1, 0.15) is 36.9 Å². The number of nitrogens with zero attached hydrogens (tertiary/aromatic N) is 2. The molecule has 1 spiro atoms. The monoisotopic (exact) mass is 296 g/mol. The van der Waals surface area contributed by atoms with Gasteiger partial charge in [-0.25, -0.2) is 4.98 Å². The summed E-state index contributed by atoms with van der Waals surface area (Å²) in [6.45, 7) is 8.80. The highest BCUT2D eigenvalue weighted by Crippen LogP contribution is 2.36. The Morgan fingerprint density at radius 2 is 2.50 bits per heavy atom. The molecule has 2 aliphatic rings. The van der Waals surface area contributed by atoms with Crippen LogP contribution in [0.4, 0.5) is 0 Å². The largest absolute Gasteiger partial charge is 0.376 e. The Morgan fingerprint density at radius 3 is 3.25 bits per heavy atom. The van der Waals surface area contributed by atoms with Crippen molar-refractivity contribution in [3.8, 4) is 0 Å². The van der Waals surface area contributed by atoms with E-state index in [1.807, 2.05) is 0 Å². The molecule has 0 amide bonds. The lowest BCUT2D eigenvalue weighted by Crippen LogP contribution is -2.47. The molecule has 2 aliphatic heterocycles. The van der Waals surface area contributed by atoms with Crippen LogP contribution in [-0.2, 0) is 16.0 Å². The molecule has 0 bridgehead atoms. The van der Waals surface area contributed by atoms with Gasteiger partial charge in [0, 0.05) is 31.5 Å². The van der Waals surface area contributed by atoms with Crippen LogP contribution in [0, 0.1) is 6.92 Å². The molecule has 1 aromatic heterocycles. The molecule has 0 aliphatic carbocycles. The molecule has 112 valence electrons. The highest BCUT2D eigenvalue weighted by atomic mass is 32.1. The summed E-state index contributed by atoms with van der Waals surface area (Å²) < 4.78 is 11.9. The van der Waals surface area contributed by atoms with Crippen LogP contribution in [0.15, 0.2) is 5.38 Å². The Kier molecular flexibility index (Phi) is 4.40. The van der Waals surface area contributed by atoms with Gasteiger partial charge in [-0.05, 0) is 33.2 Å². The van der Waals surface area contributed by atoms with E-state index < -0.39 is 0 Å². The number of aromatic nitrogens is 1.